The fraction of sp³-hybridized carbons (Fsp3) is 0.917. The number of carbonyl (C=O) groups excluding carboxylic acids is 1. The smallest absolute Gasteiger partial charge is 0.242 e. The van der Waals surface area contributed by atoms with Gasteiger partial charge in [-0.05, 0) is 26.8 Å². The van der Waals surface area contributed by atoms with Crippen molar-refractivity contribution in [2.45, 2.75) is 38.0 Å². The molecule has 2 aliphatic heterocycles. The Hall–Kier alpha value is -0.650. The topological polar surface area (TPSA) is 53.6 Å². The van der Waals surface area contributed by atoms with Crippen molar-refractivity contribution in [3.05, 3.63) is 0 Å². The zero-order valence-corrected chi connectivity index (χ0v) is 10.7. The van der Waals surface area contributed by atoms with Crippen LogP contribution in [0, 0.1) is 0 Å². The largest absolute Gasteiger partial charge is 0.375 e. The summed E-state index contributed by atoms with van der Waals surface area (Å²) in [4.78, 5) is 14.3. The molecule has 0 aromatic carbocycles. The first-order valence-electron chi connectivity index (χ1n) is 6.53. The van der Waals surface area contributed by atoms with E-state index in [0.717, 1.165) is 32.5 Å². The summed E-state index contributed by atoms with van der Waals surface area (Å²) in [6.45, 7) is 5.13. The molecular formula is C12H23N3O2. The highest BCUT2D eigenvalue weighted by Gasteiger charge is 2.33. The Balaban J connectivity index is 1.93. The number of rotatable bonds is 2. The third kappa shape index (κ3) is 2.97. The lowest BCUT2D eigenvalue weighted by Crippen LogP contribution is -2.59. The Morgan fingerprint density at radius 3 is 3.06 bits per heavy atom. The standard InChI is InChI=1S/C12H23N3O2/c1-9-11(14-5-7-17-9)12(16)15-6-3-4-10(8-15)13-2/h9-11,13-14H,3-8H2,1-2H3/t9-,10?,11+/m1/s1. The van der Waals surface area contributed by atoms with Crippen LogP contribution in [-0.4, -0.2) is 62.3 Å². The van der Waals surface area contributed by atoms with Crippen molar-refractivity contribution >= 4 is 5.91 Å². The van der Waals surface area contributed by atoms with Crippen molar-refractivity contribution in [1.82, 2.24) is 15.5 Å². The van der Waals surface area contributed by atoms with Crippen LogP contribution in [0.4, 0.5) is 0 Å². The number of hydrogen-bond donors (Lipinski definition) is 2. The highest BCUT2D eigenvalue weighted by molar-refractivity contribution is 5.82. The third-order valence-electron chi connectivity index (χ3n) is 3.72. The minimum atomic E-state index is -0.167. The van der Waals surface area contributed by atoms with Gasteiger partial charge in [0.15, 0.2) is 0 Å². The Labute approximate surface area is 103 Å². The molecule has 2 saturated heterocycles. The van der Waals surface area contributed by atoms with E-state index in [9.17, 15) is 4.79 Å². The fourth-order valence-corrected chi connectivity index (χ4v) is 2.62. The minimum Gasteiger partial charge on any atom is -0.375 e. The molecule has 0 aromatic rings. The van der Waals surface area contributed by atoms with Gasteiger partial charge in [-0.2, -0.15) is 0 Å². The van der Waals surface area contributed by atoms with Crippen molar-refractivity contribution < 1.29 is 9.53 Å². The number of ether oxygens (including phenoxy) is 1. The first kappa shape index (κ1) is 12.8. The van der Waals surface area contributed by atoms with Crippen LogP contribution < -0.4 is 10.6 Å². The van der Waals surface area contributed by atoms with Crippen LogP contribution in [0.5, 0.6) is 0 Å². The second-order valence-electron chi connectivity index (χ2n) is 4.92. The van der Waals surface area contributed by atoms with Gasteiger partial charge >= 0.3 is 0 Å². The number of hydrogen-bond acceptors (Lipinski definition) is 4. The van der Waals surface area contributed by atoms with Crippen LogP contribution in [0.2, 0.25) is 0 Å². The zero-order valence-electron chi connectivity index (χ0n) is 10.7. The lowest BCUT2D eigenvalue weighted by molar-refractivity contribution is -0.140. The number of nitrogens with zero attached hydrogens (tertiary/aromatic N) is 1. The molecule has 2 aliphatic rings. The molecule has 17 heavy (non-hydrogen) atoms. The average molecular weight is 241 g/mol. The number of nitrogens with one attached hydrogen (secondary N) is 2. The van der Waals surface area contributed by atoms with Crippen molar-refractivity contribution in [3.8, 4) is 0 Å². The molecule has 2 N–H and O–H groups in total. The van der Waals surface area contributed by atoms with Gasteiger partial charge in [-0.3, -0.25) is 4.79 Å². The number of carbonyl (C=O) groups is 1. The molecule has 3 atom stereocenters. The number of morpholine rings is 1. The van der Waals surface area contributed by atoms with Crippen LogP contribution in [0.15, 0.2) is 0 Å². The van der Waals surface area contributed by atoms with Gasteiger partial charge in [0.1, 0.15) is 6.04 Å². The first-order valence-corrected chi connectivity index (χ1v) is 6.53. The van der Waals surface area contributed by atoms with Gasteiger partial charge in [-0.25, -0.2) is 0 Å². The molecule has 98 valence electrons. The SMILES string of the molecule is CNC1CCCN(C(=O)[C@H]2NCCO[C@@H]2C)C1. The van der Waals surface area contributed by atoms with Crippen LogP contribution in [0.3, 0.4) is 0 Å². The average Bonchev–Trinajstić information content (AvgIpc) is 2.38. The number of likely N-dealkylation sites (N-methyl/N-ethyl adjacent to an activating group) is 1. The molecule has 0 aromatic heterocycles. The minimum absolute atomic E-state index is 0.0220. The summed E-state index contributed by atoms with van der Waals surface area (Å²) in [5.41, 5.74) is 0. The van der Waals surface area contributed by atoms with E-state index in [4.69, 9.17) is 4.74 Å². The van der Waals surface area contributed by atoms with Crippen molar-refractivity contribution in [2.24, 2.45) is 0 Å². The van der Waals surface area contributed by atoms with Crippen molar-refractivity contribution in [2.75, 3.05) is 33.3 Å². The normalized spacial score (nSPS) is 34.7. The molecule has 5 heteroatoms. The van der Waals surface area contributed by atoms with E-state index in [2.05, 4.69) is 10.6 Å². The molecule has 0 spiro atoms. The molecule has 1 unspecified atom stereocenters. The Kier molecular flexibility index (Phi) is 4.36. The van der Waals surface area contributed by atoms with Gasteiger partial charge in [-0.15, -0.1) is 0 Å². The summed E-state index contributed by atoms with van der Waals surface area (Å²) in [5, 5.41) is 6.52. The second kappa shape index (κ2) is 5.80. The van der Waals surface area contributed by atoms with Crippen LogP contribution in [0.25, 0.3) is 0 Å². The summed E-state index contributed by atoms with van der Waals surface area (Å²) in [5.74, 6) is 0.192. The molecule has 1 amide bonds. The zero-order chi connectivity index (χ0) is 12.3. The predicted molar refractivity (Wildman–Crippen MR) is 65.9 cm³/mol. The van der Waals surface area contributed by atoms with Crippen LogP contribution in [0.1, 0.15) is 19.8 Å². The van der Waals surface area contributed by atoms with E-state index in [1.54, 1.807) is 0 Å². The Morgan fingerprint density at radius 1 is 1.53 bits per heavy atom. The molecule has 0 aliphatic carbocycles. The summed E-state index contributed by atoms with van der Waals surface area (Å²) < 4.78 is 5.53. The third-order valence-corrected chi connectivity index (χ3v) is 3.72. The van der Waals surface area contributed by atoms with Gasteiger partial charge < -0.3 is 20.3 Å². The molecule has 2 fully saturated rings. The lowest BCUT2D eigenvalue weighted by atomic mass is 10.0. The molecule has 5 nitrogen and oxygen atoms in total. The van der Waals surface area contributed by atoms with Crippen molar-refractivity contribution in [1.29, 1.82) is 0 Å². The van der Waals surface area contributed by atoms with Gasteiger partial charge in [0, 0.05) is 25.7 Å². The van der Waals surface area contributed by atoms with E-state index in [1.165, 1.54) is 0 Å². The quantitative estimate of drug-likeness (QED) is 0.689. The lowest BCUT2D eigenvalue weighted by Gasteiger charge is -2.38. The predicted octanol–water partition coefficient (Wildman–Crippen LogP) is -0.426. The second-order valence-corrected chi connectivity index (χ2v) is 4.92. The summed E-state index contributed by atoms with van der Waals surface area (Å²) in [6.07, 6.45) is 2.22. The Bertz CT molecular complexity index is 272. The van der Waals surface area contributed by atoms with Crippen molar-refractivity contribution in [3.63, 3.8) is 0 Å². The highest BCUT2D eigenvalue weighted by Crippen LogP contribution is 2.14. The number of amides is 1. The number of piperidine rings is 1. The maximum Gasteiger partial charge on any atom is 0.242 e. The molecule has 0 saturated carbocycles. The maximum absolute atomic E-state index is 12.4. The summed E-state index contributed by atoms with van der Waals surface area (Å²) >= 11 is 0. The van der Waals surface area contributed by atoms with E-state index in [-0.39, 0.29) is 18.1 Å². The van der Waals surface area contributed by atoms with Crippen LogP contribution in [-0.2, 0) is 9.53 Å². The highest BCUT2D eigenvalue weighted by atomic mass is 16.5. The fourth-order valence-electron chi connectivity index (χ4n) is 2.62. The Morgan fingerprint density at radius 2 is 2.35 bits per heavy atom. The van der Waals surface area contributed by atoms with Crippen LogP contribution >= 0.6 is 0 Å². The van der Waals surface area contributed by atoms with E-state index >= 15 is 0 Å². The maximum atomic E-state index is 12.4. The molecular weight excluding hydrogens is 218 g/mol. The van der Waals surface area contributed by atoms with E-state index in [0.29, 0.717) is 12.6 Å². The van der Waals surface area contributed by atoms with Gasteiger partial charge in [0.05, 0.1) is 12.7 Å². The van der Waals surface area contributed by atoms with Gasteiger partial charge in [0.25, 0.3) is 0 Å². The molecule has 2 rings (SSSR count). The van der Waals surface area contributed by atoms with E-state index in [1.807, 2.05) is 18.9 Å². The van der Waals surface area contributed by atoms with Gasteiger partial charge in [-0.1, -0.05) is 0 Å². The summed E-state index contributed by atoms with van der Waals surface area (Å²) in [7, 11) is 1.96. The van der Waals surface area contributed by atoms with E-state index < -0.39 is 0 Å². The van der Waals surface area contributed by atoms with Gasteiger partial charge in [0.2, 0.25) is 5.91 Å². The molecule has 0 radical (unpaired) electrons. The molecule has 0 bridgehead atoms. The monoisotopic (exact) mass is 241 g/mol. The first-order chi connectivity index (χ1) is 8.22. The molecule has 2 heterocycles. The summed E-state index contributed by atoms with van der Waals surface area (Å²) in [6, 6.07) is 0.270. The number of likely N-dealkylation sites (tertiary alicyclic amines) is 1.